The molecular weight excluding hydrogens is 327 g/mol. The number of nitrogens with one attached hydrogen (secondary N) is 1. The molecule has 0 aliphatic rings. The van der Waals surface area contributed by atoms with E-state index in [4.69, 9.17) is 0 Å². The normalized spacial score (nSPS) is 11.7. The van der Waals surface area contributed by atoms with Gasteiger partial charge in [0.05, 0.1) is 17.8 Å². The van der Waals surface area contributed by atoms with Gasteiger partial charge in [-0.15, -0.1) is 11.3 Å². The van der Waals surface area contributed by atoms with Crippen LogP contribution < -0.4 is 5.32 Å². The summed E-state index contributed by atoms with van der Waals surface area (Å²) in [5.41, 5.74) is 0.265. The van der Waals surface area contributed by atoms with Gasteiger partial charge in [0.15, 0.2) is 5.13 Å². The number of carbonyl (C=O) groups excluding carboxylic acids is 1. The molecule has 2 aromatic rings. The molecule has 0 atom stereocenters. The summed E-state index contributed by atoms with van der Waals surface area (Å²) in [5.74, 6) is -0.314. The molecule has 0 radical (unpaired) electrons. The van der Waals surface area contributed by atoms with Crippen LogP contribution in [0.5, 0.6) is 0 Å². The van der Waals surface area contributed by atoms with E-state index in [9.17, 15) is 18.0 Å². The van der Waals surface area contributed by atoms with Gasteiger partial charge in [0.2, 0.25) is 5.91 Å². The third-order valence-corrected chi connectivity index (χ3v) is 3.92. The van der Waals surface area contributed by atoms with Gasteiger partial charge in [-0.05, 0) is 25.6 Å². The number of amides is 1. The Hall–Kier alpha value is -1.93. The van der Waals surface area contributed by atoms with Gasteiger partial charge >= 0.3 is 6.18 Å². The van der Waals surface area contributed by atoms with E-state index in [1.807, 2.05) is 6.92 Å². The Bertz CT molecular complexity index is 685. The molecule has 1 N–H and O–H groups in total. The Morgan fingerprint density at radius 3 is 2.65 bits per heavy atom. The molecule has 0 bridgehead atoms. The van der Waals surface area contributed by atoms with Crippen molar-refractivity contribution in [3.63, 3.8) is 0 Å². The summed E-state index contributed by atoms with van der Waals surface area (Å²) in [6.45, 7) is 1.82. The summed E-state index contributed by atoms with van der Waals surface area (Å²) in [7, 11) is 1.60. The van der Waals surface area contributed by atoms with Gasteiger partial charge in [-0.3, -0.25) is 9.69 Å². The number of nitrogens with zero attached hydrogens (tertiary/aromatic N) is 2. The second kappa shape index (κ2) is 7.10. The van der Waals surface area contributed by atoms with Crippen LogP contribution in [0.15, 0.2) is 29.6 Å². The molecule has 0 aliphatic heterocycles. The van der Waals surface area contributed by atoms with E-state index < -0.39 is 11.7 Å². The average Bonchev–Trinajstić information content (AvgIpc) is 2.83. The molecule has 1 aromatic heterocycles. The lowest BCUT2D eigenvalue weighted by molar-refractivity contribution is -0.138. The summed E-state index contributed by atoms with van der Waals surface area (Å²) in [4.78, 5) is 17.5. The zero-order valence-electron chi connectivity index (χ0n) is 12.6. The van der Waals surface area contributed by atoms with Crippen molar-refractivity contribution in [1.82, 2.24) is 9.88 Å². The van der Waals surface area contributed by atoms with Gasteiger partial charge in [0.1, 0.15) is 0 Å². The predicted octanol–water partition coefficient (Wildman–Crippen LogP) is 3.54. The lowest BCUT2D eigenvalue weighted by Crippen LogP contribution is -2.30. The first kappa shape index (κ1) is 17.4. The van der Waals surface area contributed by atoms with Crippen molar-refractivity contribution in [2.24, 2.45) is 0 Å². The van der Waals surface area contributed by atoms with Gasteiger partial charge < -0.3 is 5.32 Å². The largest absolute Gasteiger partial charge is 0.416 e. The van der Waals surface area contributed by atoms with Crippen molar-refractivity contribution in [3.8, 4) is 0 Å². The molecule has 1 heterocycles. The highest BCUT2D eigenvalue weighted by Gasteiger charge is 2.33. The van der Waals surface area contributed by atoms with E-state index in [0.717, 1.165) is 11.8 Å². The minimum absolute atomic E-state index is 0.0230. The molecule has 0 saturated carbocycles. The Labute approximate surface area is 136 Å². The van der Waals surface area contributed by atoms with E-state index in [-0.39, 0.29) is 24.6 Å². The van der Waals surface area contributed by atoms with E-state index in [1.165, 1.54) is 28.4 Å². The minimum Gasteiger partial charge on any atom is -0.301 e. The van der Waals surface area contributed by atoms with Gasteiger partial charge in [-0.1, -0.05) is 18.2 Å². The predicted molar refractivity (Wildman–Crippen MR) is 83.3 cm³/mol. The molecular formula is C15H16F3N3OS. The fourth-order valence-corrected chi connectivity index (χ4v) is 2.80. The average molecular weight is 343 g/mol. The molecule has 0 aliphatic carbocycles. The van der Waals surface area contributed by atoms with Crippen molar-refractivity contribution in [3.05, 3.63) is 46.5 Å². The maximum Gasteiger partial charge on any atom is 0.416 e. The second-order valence-electron chi connectivity index (χ2n) is 5.17. The molecule has 23 heavy (non-hydrogen) atoms. The number of likely N-dealkylation sites (N-methyl/N-ethyl adjacent to an activating group) is 1. The SMILES string of the molecule is Cc1csc(NC(=O)CN(C)Cc2ccccc2C(F)(F)F)n1. The molecule has 0 unspecified atom stereocenters. The van der Waals surface area contributed by atoms with Crippen LogP contribution in [0.1, 0.15) is 16.8 Å². The zero-order chi connectivity index (χ0) is 17.0. The summed E-state index contributed by atoms with van der Waals surface area (Å²) >= 11 is 1.30. The van der Waals surface area contributed by atoms with E-state index in [1.54, 1.807) is 18.5 Å². The number of anilines is 1. The molecule has 124 valence electrons. The summed E-state index contributed by atoms with van der Waals surface area (Å²) in [6, 6.07) is 5.36. The first-order valence-electron chi connectivity index (χ1n) is 6.81. The van der Waals surface area contributed by atoms with Gasteiger partial charge in [-0.2, -0.15) is 13.2 Å². The highest BCUT2D eigenvalue weighted by atomic mass is 32.1. The van der Waals surface area contributed by atoms with Crippen molar-refractivity contribution in [1.29, 1.82) is 0 Å². The number of carbonyl (C=O) groups is 1. The van der Waals surface area contributed by atoms with Crippen LogP contribution in [0.3, 0.4) is 0 Å². The third kappa shape index (κ3) is 5.04. The molecule has 0 spiro atoms. The fraction of sp³-hybridized carbons (Fsp3) is 0.333. The number of hydrogen-bond donors (Lipinski definition) is 1. The number of aromatic nitrogens is 1. The molecule has 8 heteroatoms. The molecule has 1 amide bonds. The lowest BCUT2D eigenvalue weighted by Gasteiger charge is -2.19. The highest BCUT2D eigenvalue weighted by Crippen LogP contribution is 2.32. The summed E-state index contributed by atoms with van der Waals surface area (Å²) in [6.07, 6.45) is -4.40. The number of halogens is 3. The molecule has 2 rings (SSSR count). The van der Waals surface area contributed by atoms with Crippen molar-refractivity contribution in [2.75, 3.05) is 18.9 Å². The highest BCUT2D eigenvalue weighted by molar-refractivity contribution is 7.13. The number of rotatable bonds is 5. The van der Waals surface area contributed by atoms with Crippen LogP contribution in [0, 0.1) is 6.92 Å². The number of thiazole rings is 1. The number of alkyl halides is 3. The van der Waals surface area contributed by atoms with Crippen molar-refractivity contribution in [2.45, 2.75) is 19.6 Å². The Morgan fingerprint density at radius 1 is 1.35 bits per heavy atom. The Morgan fingerprint density at radius 2 is 2.04 bits per heavy atom. The maximum absolute atomic E-state index is 12.9. The van der Waals surface area contributed by atoms with Crippen molar-refractivity contribution < 1.29 is 18.0 Å². The van der Waals surface area contributed by atoms with Gasteiger partial charge in [-0.25, -0.2) is 4.98 Å². The Balaban J connectivity index is 1.97. The number of aryl methyl sites for hydroxylation is 1. The topological polar surface area (TPSA) is 45.2 Å². The van der Waals surface area contributed by atoms with E-state index >= 15 is 0 Å². The molecule has 0 saturated heterocycles. The van der Waals surface area contributed by atoms with E-state index in [2.05, 4.69) is 10.3 Å². The fourth-order valence-electron chi connectivity index (χ4n) is 2.10. The van der Waals surface area contributed by atoms with Crippen LogP contribution in [0.2, 0.25) is 0 Å². The summed E-state index contributed by atoms with van der Waals surface area (Å²) < 4.78 is 38.8. The standard InChI is InChI=1S/C15H16F3N3OS/c1-10-9-23-14(19-10)20-13(22)8-21(2)7-11-5-3-4-6-12(11)15(16,17)18/h3-6,9H,7-8H2,1-2H3,(H,19,20,22). The van der Waals surface area contributed by atoms with Crippen LogP contribution >= 0.6 is 11.3 Å². The van der Waals surface area contributed by atoms with Crippen LogP contribution in [-0.2, 0) is 17.5 Å². The van der Waals surface area contributed by atoms with Gasteiger partial charge in [0, 0.05) is 11.9 Å². The second-order valence-corrected chi connectivity index (χ2v) is 6.03. The molecule has 4 nitrogen and oxygen atoms in total. The monoisotopic (exact) mass is 343 g/mol. The van der Waals surface area contributed by atoms with E-state index in [0.29, 0.717) is 5.13 Å². The quantitative estimate of drug-likeness (QED) is 0.903. The molecule has 0 fully saturated rings. The minimum atomic E-state index is -4.40. The molecule has 1 aromatic carbocycles. The van der Waals surface area contributed by atoms with Crippen LogP contribution in [0.4, 0.5) is 18.3 Å². The first-order valence-corrected chi connectivity index (χ1v) is 7.69. The van der Waals surface area contributed by atoms with Crippen molar-refractivity contribution >= 4 is 22.4 Å². The van der Waals surface area contributed by atoms with Gasteiger partial charge in [0.25, 0.3) is 0 Å². The smallest absolute Gasteiger partial charge is 0.301 e. The Kier molecular flexibility index (Phi) is 5.38. The first-order chi connectivity index (χ1) is 10.8. The third-order valence-electron chi connectivity index (χ3n) is 3.04. The number of hydrogen-bond acceptors (Lipinski definition) is 4. The van der Waals surface area contributed by atoms with Crippen LogP contribution in [-0.4, -0.2) is 29.4 Å². The van der Waals surface area contributed by atoms with Crippen LogP contribution in [0.25, 0.3) is 0 Å². The summed E-state index contributed by atoms with van der Waals surface area (Å²) in [5, 5.41) is 4.92. The maximum atomic E-state index is 12.9. The number of benzene rings is 1. The lowest BCUT2D eigenvalue weighted by atomic mass is 10.1. The zero-order valence-corrected chi connectivity index (χ0v) is 13.5.